The van der Waals surface area contributed by atoms with Crippen LogP contribution in [-0.2, 0) is 6.42 Å². The molecule has 106 valence electrons. The monoisotopic (exact) mass is 280 g/mol. The normalized spacial score (nSPS) is 21.3. The number of aliphatic imine (C=N–C) groups is 1. The van der Waals surface area contributed by atoms with E-state index in [1.54, 1.807) is 6.26 Å². The molecule has 19 heavy (non-hydrogen) atoms. The highest BCUT2D eigenvalue weighted by Crippen LogP contribution is 2.31. The van der Waals surface area contributed by atoms with Crippen molar-refractivity contribution >= 4 is 16.9 Å². The molecular formula is C15H24N2OS. The van der Waals surface area contributed by atoms with Crippen LogP contribution in [0.3, 0.4) is 0 Å². The fraction of sp³-hybridized carbons (Fsp3) is 0.667. The second-order valence-corrected chi connectivity index (χ2v) is 7.77. The third-order valence-electron chi connectivity index (χ3n) is 3.01. The van der Waals surface area contributed by atoms with Gasteiger partial charge in [0.1, 0.15) is 5.76 Å². The standard InChI is InChI=1S/C15H24N2OS/c1-11(8-12-6-5-7-18-12)17-14-16-10-13(19-14)9-15(2,3)4/h5-7,11,13H,8-10H2,1-4H3,(H,16,17). The Morgan fingerprint density at radius 3 is 2.95 bits per heavy atom. The number of nitrogens with one attached hydrogen (secondary N) is 1. The predicted octanol–water partition coefficient (Wildman–Crippen LogP) is 3.71. The molecule has 1 aliphatic rings. The van der Waals surface area contributed by atoms with Gasteiger partial charge < -0.3 is 9.73 Å². The lowest BCUT2D eigenvalue weighted by atomic mass is 9.90. The Bertz CT molecular complexity index is 420. The van der Waals surface area contributed by atoms with Crippen LogP contribution in [0.2, 0.25) is 0 Å². The van der Waals surface area contributed by atoms with Gasteiger partial charge in [-0.2, -0.15) is 0 Å². The van der Waals surface area contributed by atoms with E-state index in [-0.39, 0.29) is 0 Å². The predicted molar refractivity (Wildman–Crippen MR) is 82.8 cm³/mol. The van der Waals surface area contributed by atoms with Crippen molar-refractivity contribution in [2.24, 2.45) is 10.4 Å². The minimum Gasteiger partial charge on any atom is -0.469 e. The minimum atomic E-state index is 0.353. The molecule has 2 rings (SSSR count). The van der Waals surface area contributed by atoms with Crippen LogP contribution in [0.25, 0.3) is 0 Å². The zero-order valence-corrected chi connectivity index (χ0v) is 13.1. The highest BCUT2D eigenvalue weighted by molar-refractivity contribution is 8.14. The molecule has 0 spiro atoms. The van der Waals surface area contributed by atoms with Gasteiger partial charge in [0.2, 0.25) is 0 Å². The van der Waals surface area contributed by atoms with Gasteiger partial charge in [-0.3, -0.25) is 4.99 Å². The van der Waals surface area contributed by atoms with E-state index in [4.69, 9.17) is 4.42 Å². The Balaban J connectivity index is 1.75. The summed E-state index contributed by atoms with van der Waals surface area (Å²) < 4.78 is 5.37. The van der Waals surface area contributed by atoms with E-state index in [1.807, 2.05) is 23.9 Å². The molecule has 1 aromatic rings. The molecule has 0 bridgehead atoms. The molecule has 3 nitrogen and oxygen atoms in total. The molecule has 1 aromatic heterocycles. The first kappa shape index (κ1) is 14.5. The highest BCUT2D eigenvalue weighted by Gasteiger charge is 2.25. The zero-order valence-electron chi connectivity index (χ0n) is 12.3. The van der Waals surface area contributed by atoms with Crippen LogP contribution >= 0.6 is 11.8 Å². The Labute approximate surface area is 120 Å². The fourth-order valence-electron chi connectivity index (χ4n) is 2.28. The summed E-state index contributed by atoms with van der Waals surface area (Å²) in [5, 5.41) is 5.20. The molecule has 2 unspecified atom stereocenters. The van der Waals surface area contributed by atoms with Gasteiger partial charge >= 0.3 is 0 Å². The summed E-state index contributed by atoms with van der Waals surface area (Å²) in [6.07, 6.45) is 3.83. The second kappa shape index (κ2) is 6.04. The second-order valence-electron chi connectivity index (χ2n) is 6.48. The van der Waals surface area contributed by atoms with Crippen molar-refractivity contribution in [2.75, 3.05) is 6.54 Å². The molecule has 0 saturated carbocycles. The number of amidine groups is 1. The van der Waals surface area contributed by atoms with Crippen molar-refractivity contribution in [1.29, 1.82) is 0 Å². The fourth-order valence-corrected chi connectivity index (χ4v) is 3.74. The van der Waals surface area contributed by atoms with E-state index >= 15 is 0 Å². The molecule has 0 radical (unpaired) electrons. The van der Waals surface area contributed by atoms with Crippen molar-refractivity contribution in [2.45, 2.75) is 51.8 Å². The SMILES string of the molecule is CC(Cc1ccco1)NC1=NCC(CC(C)(C)C)S1. The van der Waals surface area contributed by atoms with Crippen LogP contribution in [0.5, 0.6) is 0 Å². The summed E-state index contributed by atoms with van der Waals surface area (Å²) in [7, 11) is 0. The lowest BCUT2D eigenvalue weighted by Crippen LogP contribution is -2.31. The maximum Gasteiger partial charge on any atom is 0.157 e. The smallest absolute Gasteiger partial charge is 0.157 e. The van der Waals surface area contributed by atoms with Crippen molar-refractivity contribution in [3.8, 4) is 0 Å². The summed E-state index contributed by atoms with van der Waals surface area (Å²) in [4.78, 5) is 4.61. The Morgan fingerprint density at radius 2 is 2.32 bits per heavy atom. The minimum absolute atomic E-state index is 0.353. The number of hydrogen-bond acceptors (Lipinski definition) is 4. The maximum atomic E-state index is 5.37. The van der Waals surface area contributed by atoms with Crippen molar-refractivity contribution in [3.63, 3.8) is 0 Å². The molecule has 0 aromatic carbocycles. The van der Waals surface area contributed by atoms with Gasteiger partial charge in [-0.15, -0.1) is 0 Å². The lowest BCUT2D eigenvalue weighted by molar-refractivity contribution is 0.375. The first-order valence-corrected chi connectivity index (χ1v) is 7.80. The molecule has 0 amide bonds. The number of rotatable bonds is 4. The van der Waals surface area contributed by atoms with E-state index < -0.39 is 0 Å². The Hall–Kier alpha value is -0.900. The maximum absolute atomic E-state index is 5.37. The molecule has 2 atom stereocenters. The first-order chi connectivity index (χ1) is 8.92. The van der Waals surface area contributed by atoms with E-state index in [2.05, 4.69) is 38.0 Å². The zero-order chi connectivity index (χ0) is 13.9. The van der Waals surface area contributed by atoms with Crippen molar-refractivity contribution in [3.05, 3.63) is 24.2 Å². The quantitative estimate of drug-likeness (QED) is 0.913. The van der Waals surface area contributed by atoms with Gasteiger partial charge in [0.25, 0.3) is 0 Å². The van der Waals surface area contributed by atoms with E-state index in [1.165, 1.54) is 6.42 Å². The molecule has 1 N–H and O–H groups in total. The van der Waals surface area contributed by atoms with E-state index in [9.17, 15) is 0 Å². The van der Waals surface area contributed by atoms with Crippen LogP contribution < -0.4 is 5.32 Å². The van der Waals surface area contributed by atoms with Gasteiger partial charge in [-0.25, -0.2) is 0 Å². The van der Waals surface area contributed by atoms with Gasteiger partial charge in [0, 0.05) is 17.7 Å². The topological polar surface area (TPSA) is 37.5 Å². The lowest BCUT2D eigenvalue weighted by Gasteiger charge is -2.22. The Morgan fingerprint density at radius 1 is 1.53 bits per heavy atom. The van der Waals surface area contributed by atoms with E-state index in [0.717, 1.165) is 23.9 Å². The van der Waals surface area contributed by atoms with Gasteiger partial charge in [0.15, 0.2) is 5.17 Å². The number of furan rings is 1. The van der Waals surface area contributed by atoms with Crippen molar-refractivity contribution in [1.82, 2.24) is 5.32 Å². The molecule has 0 fully saturated rings. The third-order valence-corrected chi connectivity index (χ3v) is 4.13. The first-order valence-electron chi connectivity index (χ1n) is 6.92. The van der Waals surface area contributed by atoms with Gasteiger partial charge in [0.05, 0.1) is 12.8 Å². The summed E-state index contributed by atoms with van der Waals surface area (Å²) >= 11 is 1.89. The summed E-state index contributed by atoms with van der Waals surface area (Å²) in [5.41, 5.74) is 0.377. The number of thioether (sulfide) groups is 1. The highest BCUT2D eigenvalue weighted by atomic mass is 32.2. The van der Waals surface area contributed by atoms with Crippen LogP contribution in [-0.4, -0.2) is 23.0 Å². The molecule has 2 heterocycles. The van der Waals surface area contributed by atoms with Gasteiger partial charge in [-0.1, -0.05) is 32.5 Å². The van der Waals surface area contributed by atoms with Crippen LogP contribution in [0.15, 0.2) is 27.8 Å². The van der Waals surface area contributed by atoms with Crippen LogP contribution in [0.4, 0.5) is 0 Å². The van der Waals surface area contributed by atoms with Crippen LogP contribution in [0.1, 0.15) is 39.9 Å². The number of nitrogens with zero attached hydrogens (tertiary/aromatic N) is 1. The molecule has 0 aliphatic carbocycles. The largest absolute Gasteiger partial charge is 0.469 e. The average molecular weight is 280 g/mol. The average Bonchev–Trinajstić information content (AvgIpc) is 2.88. The summed E-state index contributed by atoms with van der Waals surface area (Å²) in [6.45, 7) is 9.98. The number of hydrogen-bond donors (Lipinski definition) is 1. The summed E-state index contributed by atoms with van der Waals surface area (Å²) in [6, 6.07) is 4.30. The Kier molecular flexibility index (Phi) is 4.61. The van der Waals surface area contributed by atoms with Gasteiger partial charge in [-0.05, 0) is 30.9 Å². The molecule has 4 heteroatoms. The molecular weight excluding hydrogens is 256 g/mol. The molecule has 0 saturated heterocycles. The van der Waals surface area contributed by atoms with Crippen molar-refractivity contribution < 1.29 is 4.42 Å². The summed E-state index contributed by atoms with van der Waals surface area (Å²) in [5.74, 6) is 1.02. The molecule has 1 aliphatic heterocycles. The van der Waals surface area contributed by atoms with Crippen LogP contribution in [0, 0.1) is 5.41 Å². The van der Waals surface area contributed by atoms with E-state index in [0.29, 0.717) is 16.7 Å². The third kappa shape index (κ3) is 4.94.